The molecule has 0 saturated carbocycles. The van der Waals surface area contributed by atoms with Crippen LogP contribution in [-0.4, -0.2) is 46.2 Å². The maximum absolute atomic E-state index is 9.73. The molecule has 2 heterocycles. The van der Waals surface area contributed by atoms with Crippen LogP contribution in [0.4, 0.5) is 5.95 Å². The van der Waals surface area contributed by atoms with Crippen LogP contribution >= 0.6 is 22.6 Å². The van der Waals surface area contributed by atoms with Crippen LogP contribution in [0.15, 0.2) is 60.9 Å². The van der Waals surface area contributed by atoms with Gasteiger partial charge in [-0.1, -0.05) is 30.3 Å². The molecule has 6 heteroatoms. The third kappa shape index (κ3) is 4.80. The molecule has 1 aliphatic rings. The van der Waals surface area contributed by atoms with Gasteiger partial charge in [-0.05, 0) is 57.5 Å². The summed E-state index contributed by atoms with van der Waals surface area (Å²) >= 11 is 2.33. The van der Waals surface area contributed by atoms with Crippen molar-refractivity contribution in [1.82, 2.24) is 14.9 Å². The van der Waals surface area contributed by atoms with E-state index in [0.29, 0.717) is 5.75 Å². The van der Waals surface area contributed by atoms with Gasteiger partial charge in [0.15, 0.2) is 0 Å². The third-order valence-electron chi connectivity index (χ3n) is 5.02. The van der Waals surface area contributed by atoms with Crippen LogP contribution < -0.4 is 4.90 Å². The summed E-state index contributed by atoms with van der Waals surface area (Å²) in [6, 6.07) is 16.0. The van der Waals surface area contributed by atoms with Crippen molar-refractivity contribution in [2.75, 3.05) is 31.1 Å². The first-order chi connectivity index (χ1) is 13.7. The van der Waals surface area contributed by atoms with Gasteiger partial charge in [-0.15, -0.1) is 0 Å². The molecular weight excluding hydrogens is 463 g/mol. The quantitative estimate of drug-likeness (QED) is 0.558. The molecule has 0 aliphatic carbocycles. The normalized spacial score (nSPS) is 15.0. The third-order valence-corrected chi connectivity index (χ3v) is 6.07. The van der Waals surface area contributed by atoms with Crippen molar-refractivity contribution >= 4 is 28.5 Å². The van der Waals surface area contributed by atoms with E-state index in [-0.39, 0.29) is 0 Å². The van der Waals surface area contributed by atoms with Crippen LogP contribution in [0.25, 0.3) is 0 Å². The Bertz CT molecular complexity index is 910. The highest BCUT2D eigenvalue weighted by atomic mass is 127. The minimum Gasteiger partial charge on any atom is -0.508 e. The molecule has 0 atom stereocenters. The zero-order valence-corrected chi connectivity index (χ0v) is 17.8. The Morgan fingerprint density at radius 1 is 0.893 bits per heavy atom. The lowest BCUT2D eigenvalue weighted by atomic mass is 10.1. The fourth-order valence-corrected chi connectivity index (χ4v) is 3.97. The molecule has 2 aromatic carbocycles. The van der Waals surface area contributed by atoms with Crippen LogP contribution in [0.5, 0.6) is 5.75 Å². The highest BCUT2D eigenvalue weighted by Gasteiger charge is 2.19. The smallest absolute Gasteiger partial charge is 0.225 e. The number of aromatic hydroxyl groups is 1. The molecule has 3 aromatic rings. The van der Waals surface area contributed by atoms with E-state index in [2.05, 4.69) is 66.6 Å². The molecule has 1 saturated heterocycles. The summed E-state index contributed by atoms with van der Waals surface area (Å²) in [4.78, 5) is 13.9. The van der Waals surface area contributed by atoms with Crippen molar-refractivity contribution in [3.63, 3.8) is 0 Å². The zero-order chi connectivity index (χ0) is 19.3. The van der Waals surface area contributed by atoms with Crippen LogP contribution in [0.2, 0.25) is 0 Å². The van der Waals surface area contributed by atoms with Crippen LogP contribution in [0, 0.1) is 3.57 Å². The summed E-state index contributed by atoms with van der Waals surface area (Å²) in [5.41, 5.74) is 3.58. The van der Waals surface area contributed by atoms with Gasteiger partial charge >= 0.3 is 0 Å². The van der Waals surface area contributed by atoms with E-state index in [1.807, 2.05) is 30.6 Å². The number of piperazine rings is 1. The second kappa shape index (κ2) is 8.87. The molecule has 1 N–H and O–H groups in total. The molecule has 0 radical (unpaired) electrons. The Balaban J connectivity index is 1.33. The molecule has 0 unspecified atom stereocenters. The monoisotopic (exact) mass is 486 g/mol. The molecule has 144 valence electrons. The highest BCUT2D eigenvalue weighted by molar-refractivity contribution is 14.1. The van der Waals surface area contributed by atoms with Crippen LogP contribution in [-0.2, 0) is 13.0 Å². The maximum atomic E-state index is 9.73. The Morgan fingerprint density at radius 2 is 1.61 bits per heavy atom. The van der Waals surface area contributed by atoms with Crippen LogP contribution in [0.1, 0.15) is 16.7 Å². The lowest BCUT2D eigenvalue weighted by molar-refractivity contribution is 0.248. The SMILES string of the molecule is Oc1ccc(I)c(CN2CCN(c3ncc(Cc4ccccc4)cn3)CC2)c1. The molecule has 5 nitrogen and oxygen atoms in total. The first-order valence-corrected chi connectivity index (χ1v) is 10.5. The summed E-state index contributed by atoms with van der Waals surface area (Å²) in [6.07, 6.45) is 4.74. The van der Waals surface area contributed by atoms with E-state index < -0.39 is 0 Å². The van der Waals surface area contributed by atoms with Crippen molar-refractivity contribution in [3.05, 3.63) is 81.2 Å². The van der Waals surface area contributed by atoms with E-state index >= 15 is 0 Å². The minimum absolute atomic E-state index is 0.332. The lowest BCUT2D eigenvalue weighted by Crippen LogP contribution is -2.46. The number of benzene rings is 2. The molecule has 4 rings (SSSR count). The molecule has 1 aromatic heterocycles. The lowest BCUT2D eigenvalue weighted by Gasteiger charge is -2.34. The Hall–Kier alpha value is -2.19. The first-order valence-electron chi connectivity index (χ1n) is 9.47. The predicted octanol–water partition coefficient (Wildman–Crippen LogP) is 3.70. The Kier molecular flexibility index (Phi) is 6.07. The molecule has 1 fully saturated rings. The summed E-state index contributed by atoms with van der Waals surface area (Å²) in [7, 11) is 0. The molecular formula is C22H23IN4O. The fourth-order valence-electron chi connectivity index (χ4n) is 3.46. The number of phenolic OH excluding ortho intramolecular Hbond substituents is 1. The fraction of sp³-hybridized carbons (Fsp3) is 0.273. The number of aromatic nitrogens is 2. The van der Waals surface area contributed by atoms with Gasteiger partial charge in [0.25, 0.3) is 0 Å². The van der Waals surface area contributed by atoms with Crippen LogP contribution in [0.3, 0.4) is 0 Å². The van der Waals surface area contributed by atoms with E-state index in [9.17, 15) is 5.11 Å². The van der Waals surface area contributed by atoms with Crippen molar-refractivity contribution in [1.29, 1.82) is 0 Å². The molecule has 0 amide bonds. The number of anilines is 1. The number of rotatable bonds is 5. The average Bonchev–Trinajstić information content (AvgIpc) is 2.73. The number of halogens is 1. The van der Waals surface area contributed by atoms with E-state index in [0.717, 1.165) is 50.7 Å². The second-order valence-corrected chi connectivity index (χ2v) is 8.25. The minimum atomic E-state index is 0.332. The topological polar surface area (TPSA) is 52.5 Å². The molecule has 28 heavy (non-hydrogen) atoms. The number of hydrogen-bond donors (Lipinski definition) is 1. The van der Waals surface area contributed by atoms with Gasteiger partial charge in [0.1, 0.15) is 5.75 Å². The van der Waals surface area contributed by atoms with Gasteiger partial charge in [0.2, 0.25) is 5.95 Å². The summed E-state index contributed by atoms with van der Waals surface area (Å²) < 4.78 is 1.19. The summed E-state index contributed by atoms with van der Waals surface area (Å²) in [5, 5.41) is 9.73. The van der Waals surface area contributed by atoms with Gasteiger partial charge in [0.05, 0.1) is 0 Å². The van der Waals surface area contributed by atoms with Crippen molar-refractivity contribution < 1.29 is 5.11 Å². The van der Waals surface area contributed by atoms with E-state index in [4.69, 9.17) is 0 Å². The standard InChI is InChI=1S/C22H23IN4O/c23-21-7-6-20(28)13-19(21)16-26-8-10-27(11-9-26)22-24-14-18(15-25-22)12-17-4-2-1-3-5-17/h1-7,13-15,28H,8-12,16H2. The van der Waals surface area contributed by atoms with Crippen molar-refractivity contribution in [2.24, 2.45) is 0 Å². The molecule has 1 aliphatic heterocycles. The number of nitrogens with zero attached hydrogens (tertiary/aromatic N) is 4. The largest absolute Gasteiger partial charge is 0.508 e. The first kappa shape index (κ1) is 19.1. The number of hydrogen-bond acceptors (Lipinski definition) is 5. The molecule has 0 spiro atoms. The van der Waals surface area contributed by atoms with E-state index in [1.165, 1.54) is 14.7 Å². The molecule has 0 bridgehead atoms. The van der Waals surface area contributed by atoms with Gasteiger partial charge in [-0.2, -0.15) is 0 Å². The highest BCUT2D eigenvalue weighted by Crippen LogP contribution is 2.21. The predicted molar refractivity (Wildman–Crippen MR) is 120 cm³/mol. The summed E-state index contributed by atoms with van der Waals surface area (Å²) in [6.45, 7) is 4.60. The number of phenols is 1. The van der Waals surface area contributed by atoms with Crippen molar-refractivity contribution in [2.45, 2.75) is 13.0 Å². The van der Waals surface area contributed by atoms with Crippen molar-refractivity contribution in [3.8, 4) is 5.75 Å². The van der Waals surface area contributed by atoms with E-state index in [1.54, 1.807) is 6.07 Å². The van der Waals surface area contributed by atoms with Gasteiger partial charge < -0.3 is 10.0 Å². The van der Waals surface area contributed by atoms with Gasteiger partial charge in [-0.25, -0.2) is 9.97 Å². The zero-order valence-electron chi connectivity index (χ0n) is 15.6. The second-order valence-electron chi connectivity index (χ2n) is 7.09. The average molecular weight is 486 g/mol. The van der Waals surface area contributed by atoms with Gasteiger partial charge in [-0.3, -0.25) is 4.90 Å². The van der Waals surface area contributed by atoms with Gasteiger partial charge in [0, 0.05) is 55.1 Å². The maximum Gasteiger partial charge on any atom is 0.225 e. The Morgan fingerprint density at radius 3 is 2.32 bits per heavy atom. The Labute approximate surface area is 179 Å². The summed E-state index contributed by atoms with van der Waals surface area (Å²) in [5.74, 6) is 1.14.